The number of hydrogen-bond acceptors (Lipinski definition) is 3. The average Bonchev–Trinajstić information content (AvgIpc) is 3.39. The molecule has 0 atom stereocenters. The standard InChI is InChI=1S/C18H27BrN4O2.HI/c1-3-20-17(22-12-16(24)21-10-11-25-2)23-13-18(8-9-18)14-6-4-5-7-15(14)19;/h4-7H,3,8-13H2,1-2H3,(H,21,24)(H2,20,22,23);1H. The highest BCUT2D eigenvalue weighted by molar-refractivity contribution is 14.0. The van der Waals surface area contributed by atoms with Crippen molar-refractivity contribution in [1.82, 2.24) is 16.0 Å². The van der Waals surface area contributed by atoms with Crippen molar-refractivity contribution < 1.29 is 9.53 Å². The molecular formula is C18H28BrIN4O2. The van der Waals surface area contributed by atoms with Crippen molar-refractivity contribution in [1.29, 1.82) is 0 Å². The van der Waals surface area contributed by atoms with Gasteiger partial charge in [-0.25, -0.2) is 4.99 Å². The van der Waals surface area contributed by atoms with Crippen LogP contribution in [0.2, 0.25) is 0 Å². The first-order valence-corrected chi connectivity index (χ1v) is 9.43. The van der Waals surface area contributed by atoms with Gasteiger partial charge in [-0.1, -0.05) is 34.1 Å². The molecule has 1 saturated carbocycles. The number of carbonyl (C=O) groups excluding carboxylic acids is 1. The summed E-state index contributed by atoms with van der Waals surface area (Å²) in [5, 5.41) is 9.35. The number of methoxy groups -OCH3 is 1. The zero-order chi connectivity index (χ0) is 18.1. The largest absolute Gasteiger partial charge is 0.383 e. The second kappa shape index (κ2) is 11.8. The highest BCUT2D eigenvalue weighted by Gasteiger charge is 2.45. The number of benzene rings is 1. The topological polar surface area (TPSA) is 74.8 Å². The first-order valence-electron chi connectivity index (χ1n) is 8.64. The van der Waals surface area contributed by atoms with Gasteiger partial charge in [0.1, 0.15) is 6.54 Å². The van der Waals surface area contributed by atoms with Crippen molar-refractivity contribution >= 4 is 51.8 Å². The molecule has 2 rings (SSSR count). The van der Waals surface area contributed by atoms with Crippen molar-refractivity contribution in [2.24, 2.45) is 4.99 Å². The van der Waals surface area contributed by atoms with E-state index in [1.807, 2.05) is 13.0 Å². The van der Waals surface area contributed by atoms with Gasteiger partial charge in [0.25, 0.3) is 0 Å². The number of halogens is 2. The summed E-state index contributed by atoms with van der Waals surface area (Å²) in [6.45, 7) is 4.66. The second-order valence-corrected chi connectivity index (χ2v) is 7.01. The van der Waals surface area contributed by atoms with Crippen molar-refractivity contribution in [2.75, 3.05) is 39.9 Å². The van der Waals surface area contributed by atoms with Crippen LogP contribution >= 0.6 is 39.9 Å². The quantitative estimate of drug-likeness (QED) is 0.195. The molecule has 0 heterocycles. The van der Waals surface area contributed by atoms with Crippen LogP contribution in [-0.2, 0) is 14.9 Å². The summed E-state index contributed by atoms with van der Waals surface area (Å²) in [5.74, 6) is 0.559. The normalized spacial score (nSPS) is 15.0. The lowest BCUT2D eigenvalue weighted by Gasteiger charge is -2.20. The number of carbonyl (C=O) groups is 1. The fourth-order valence-corrected chi connectivity index (χ4v) is 3.38. The molecule has 0 aromatic heterocycles. The molecule has 3 N–H and O–H groups in total. The molecule has 8 heteroatoms. The number of nitrogens with one attached hydrogen (secondary N) is 3. The summed E-state index contributed by atoms with van der Waals surface area (Å²) in [6, 6.07) is 8.36. The number of guanidine groups is 1. The van der Waals surface area contributed by atoms with Gasteiger partial charge in [-0.05, 0) is 31.4 Å². The van der Waals surface area contributed by atoms with Gasteiger partial charge < -0.3 is 20.7 Å². The van der Waals surface area contributed by atoms with E-state index in [-0.39, 0.29) is 41.8 Å². The van der Waals surface area contributed by atoms with Crippen molar-refractivity contribution in [3.05, 3.63) is 34.3 Å². The first kappa shape index (κ1) is 23.2. The Morgan fingerprint density at radius 1 is 1.27 bits per heavy atom. The van der Waals surface area contributed by atoms with E-state index >= 15 is 0 Å². The van der Waals surface area contributed by atoms with E-state index in [2.05, 4.69) is 55.1 Å². The molecule has 6 nitrogen and oxygen atoms in total. The molecule has 0 bridgehead atoms. The molecule has 0 aliphatic heterocycles. The minimum absolute atomic E-state index is 0. The zero-order valence-electron chi connectivity index (χ0n) is 15.3. The van der Waals surface area contributed by atoms with Gasteiger partial charge in [-0.3, -0.25) is 4.79 Å². The molecule has 1 fully saturated rings. The van der Waals surface area contributed by atoms with Gasteiger partial charge in [0, 0.05) is 36.6 Å². The molecule has 0 saturated heterocycles. The number of rotatable bonds is 9. The zero-order valence-corrected chi connectivity index (χ0v) is 19.2. The predicted molar refractivity (Wildman–Crippen MR) is 119 cm³/mol. The minimum Gasteiger partial charge on any atom is -0.383 e. The molecule has 1 aliphatic rings. The van der Waals surface area contributed by atoms with Crippen molar-refractivity contribution in [2.45, 2.75) is 25.2 Å². The Kier molecular flexibility index (Phi) is 10.5. The average molecular weight is 539 g/mol. The monoisotopic (exact) mass is 538 g/mol. The van der Waals surface area contributed by atoms with Crippen molar-refractivity contribution in [3.8, 4) is 0 Å². The fraction of sp³-hybridized carbons (Fsp3) is 0.556. The third-order valence-corrected chi connectivity index (χ3v) is 4.94. The van der Waals surface area contributed by atoms with Crippen LogP contribution < -0.4 is 16.0 Å². The Bertz CT molecular complexity index is 609. The molecular weight excluding hydrogens is 511 g/mol. The van der Waals surface area contributed by atoms with Crippen LogP contribution in [-0.4, -0.2) is 51.8 Å². The Balaban J connectivity index is 0.00000338. The summed E-state index contributed by atoms with van der Waals surface area (Å²) >= 11 is 3.65. The van der Waals surface area contributed by atoms with Crippen molar-refractivity contribution in [3.63, 3.8) is 0 Å². The van der Waals surface area contributed by atoms with Gasteiger partial charge in [0.2, 0.25) is 5.91 Å². The van der Waals surface area contributed by atoms with Crippen LogP contribution in [0.5, 0.6) is 0 Å². The molecule has 0 radical (unpaired) electrons. The predicted octanol–water partition coefficient (Wildman–Crippen LogP) is 2.42. The molecule has 146 valence electrons. The van der Waals surface area contributed by atoms with Gasteiger partial charge >= 0.3 is 0 Å². The Morgan fingerprint density at radius 3 is 2.62 bits per heavy atom. The lowest BCUT2D eigenvalue weighted by atomic mass is 9.96. The van der Waals surface area contributed by atoms with Crippen LogP contribution in [0.15, 0.2) is 33.7 Å². The smallest absolute Gasteiger partial charge is 0.241 e. The Labute approximate surface area is 181 Å². The van der Waals surface area contributed by atoms with E-state index in [1.54, 1.807) is 7.11 Å². The van der Waals surface area contributed by atoms with E-state index in [0.717, 1.165) is 30.4 Å². The lowest BCUT2D eigenvalue weighted by molar-refractivity contribution is -0.119. The number of nitrogens with zero attached hydrogens (tertiary/aromatic N) is 1. The fourth-order valence-electron chi connectivity index (χ4n) is 2.68. The maximum atomic E-state index is 11.8. The number of hydrogen-bond donors (Lipinski definition) is 3. The van der Waals surface area contributed by atoms with Crippen LogP contribution in [0.4, 0.5) is 0 Å². The SMILES string of the molecule is CCNC(=NCC(=O)NCCOC)NCC1(c2ccccc2Br)CC1.I. The van der Waals surface area contributed by atoms with E-state index in [1.165, 1.54) is 5.56 Å². The van der Waals surface area contributed by atoms with Gasteiger partial charge in [-0.2, -0.15) is 0 Å². The molecule has 1 aromatic carbocycles. The summed E-state index contributed by atoms with van der Waals surface area (Å²) < 4.78 is 6.06. The molecule has 26 heavy (non-hydrogen) atoms. The maximum Gasteiger partial charge on any atom is 0.241 e. The van der Waals surface area contributed by atoms with Crippen LogP contribution in [0, 0.1) is 0 Å². The molecule has 0 unspecified atom stereocenters. The van der Waals surface area contributed by atoms with E-state index in [4.69, 9.17) is 4.74 Å². The van der Waals surface area contributed by atoms with Gasteiger partial charge in [0.15, 0.2) is 5.96 Å². The second-order valence-electron chi connectivity index (χ2n) is 6.15. The van der Waals surface area contributed by atoms with Gasteiger partial charge in [-0.15, -0.1) is 24.0 Å². The number of amides is 1. The summed E-state index contributed by atoms with van der Waals surface area (Å²) in [5.41, 5.74) is 1.48. The van der Waals surface area contributed by atoms with Crippen LogP contribution in [0.3, 0.4) is 0 Å². The number of ether oxygens (including phenoxy) is 1. The summed E-state index contributed by atoms with van der Waals surface area (Å²) in [6.07, 6.45) is 2.30. The van der Waals surface area contributed by atoms with E-state index in [9.17, 15) is 4.79 Å². The molecule has 0 spiro atoms. The lowest BCUT2D eigenvalue weighted by Crippen LogP contribution is -2.42. The van der Waals surface area contributed by atoms with E-state index in [0.29, 0.717) is 19.1 Å². The summed E-state index contributed by atoms with van der Waals surface area (Å²) in [7, 11) is 1.61. The highest BCUT2D eigenvalue weighted by Crippen LogP contribution is 2.49. The molecule has 1 aliphatic carbocycles. The summed E-state index contributed by atoms with van der Waals surface area (Å²) in [4.78, 5) is 16.1. The van der Waals surface area contributed by atoms with Crippen LogP contribution in [0.25, 0.3) is 0 Å². The van der Waals surface area contributed by atoms with Gasteiger partial charge in [0.05, 0.1) is 6.61 Å². The third-order valence-electron chi connectivity index (χ3n) is 4.25. The molecule has 1 amide bonds. The minimum atomic E-state index is -0.110. The number of aliphatic imine (C=N–C) groups is 1. The highest BCUT2D eigenvalue weighted by atomic mass is 127. The Hall–Kier alpha value is -0.870. The maximum absolute atomic E-state index is 11.8. The molecule has 1 aromatic rings. The Morgan fingerprint density at radius 2 is 2.00 bits per heavy atom. The van der Waals surface area contributed by atoms with E-state index < -0.39 is 0 Å². The van der Waals surface area contributed by atoms with Crippen LogP contribution in [0.1, 0.15) is 25.3 Å². The third kappa shape index (κ3) is 7.03. The first-order chi connectivity index (χ1) is 12.1.